The van der Waals surface area contributed by atoms with Crippen LogP contribution in [0.2, 0.25) is 0 Å². The molecule has 1 N–H and O–H groups in total. The van der Waals surface area contributed by atoms with Gasteiger partial charge < -0.3 is 5.11 Å². The smallest absolute Gasteiger partial charge is 0.337 e. The predicted octanol–water partition coefficient (Wildman–Crippen LogP) is 4.94. The molecule has 1 aromatic carbocycles. The number of carbonyl (C=O) groups is 1. The molecule has 1 atom stereocenters. The number of carboxylic acids is 1. The van der Waals surface area contributed by atoms with Gasteiger partial charge in [-0.2, -0.15) is 5.10 Å². The predicted molar refractivity (Wildman–Crippen MR) is 113 cm³/mol. The molecule has 3 rings (SSSR count). The molecule has 0 radical (unpaired) electrons. The topological polar surface area (TPSA) is 80.9 Å². The number of aromatic nitrogens is 4. The summed E-state index contributed by atoms with van der Waals surface area (Å²) in [7, 11) is 0. The van der Waals surface area contributed by atoms with Crippen molar-refractivity contribution < 1.29 is 9.90 Å². The monoisotopic (exact) mass is 392 g/mol. The van der Waals surface area contributed by atoms with E-state index in [2.05, 4.69) is 25.8 Å². The van der Waals surface area contributed by atoms with Crippen molar-refractivity contribution in [3.63, 3.8) is 0 Å². The maximum Gasteiger partial charge on any atom is 0.337 e. The highest BCUT2D eigenvalue weighted by molar-refractivity contribution is 5.94. The molecule has 0 aliphatic heterocycles. The van der Waals surface area contributed by atoms with E-state index in [9.17, 15) is 9.90 Å². The van der Waals surface area contributed by atoms with Crippen molar-refractivity contribution in [3.8, 4) is 11.3 Å². The lowest BCUT2D eigenvalue weighted by atomic mass is 10.0. The molecule has 0 aliphatic carbocycles. The normalized spacial score (nSPS) is 12.1. The first-order valence-corrected chi connectivity index (χ1v) is 10.2. The Morgan fingerprint density at radius 1 is 1.17 bits per heavy atom. The molecule has 1 unspecified atom stereocenters. The number of rotatable bonds is 9. The molecule has 2 aromatic heterocycles. The Kier molecular flexibility index (Phi) is 6.75. The first kappa shape index (κ1) is 20.7. The quantitative estimate of drug-likeness (QED) is 0.558. The van der Waals surface area contributed by atoms with Crippen LogP contribution in [0.15, 0.2) is 42.6 Å². The van der Waals surface area contributed by atoms with Crippen molar-refractivity contribution in [1.82, 2.24) is 19.7 Å². The zero-order chi connectivity index (χ0) is 20.8. The summed E-state index contributed by atoms with van der Waals surface area (Å²) >= 11 is 0. The highest BCUT2D eigenvalue weighted by Crippen LogP contribution is 2.22. The average Bonchev–Trinajstić information content (AvgIpc) is 3.14. The van der Waals surface area contributed by atoms with Gasteiger partial charge in [0.25, 0.3) is 0 Å². The van der Waals surface area contributed by atoms with E-state index < -0.39 is 5.97 Å². The minimum Gasteiger partial charge on any atom is -0.478 e. The fraction of sp³-hybridized carbons (Fsp3) is 0.391. The Hall–Kier alpha value is -3.02. The number of carboxylic acid groups (broad SMARTS) is 1. The van der Waals surface area contributed by atoms with E-state index in [0.717, 1.165) is 48.5 Å². The zero-order valence-electron chi connectivity index (χ0n) is 17.3. The summed E-state index contributed by atoms with van der Waals surface area (Å²) < 4.78 is 2.01. The first-order valence-electron chi connectivity index (χ1n) is 10.2. The molecule has 3 aromatic rings. The molecule has 0 bridgehead atoms. The summed E-state index contributed by atoms with van der Waals surface area (Å²) in [5.41, 5.74) is 2.57. The molecule has 2 heterocycles. The van der Waals surface area contributed by atoms with Crippen LogP contribution in [0, 0.1) is 0 Å². The van der Waals surface area contributed by atoms with Gasteiger partial charge in [-0.15, -0.1) is 0 Å². The maximum absolute atomic E-state index is 11.5. The Morgan fingerprint density at radius 2 is 1.93 bits per heavy atom. The van der Waals surface area contributed by atoms with Crippen molar-refractivity contribution in [2.24, 2.45) is 0 Å². The highest BCUT2D eigenvalue weighted by atomic mass is 16.4. The molecule has 0 fully saturated rings. The van der Waals surface area contributed by atoms with E-state index in [4.69, 9.17) is 10.1 Å². The number of unbranched alkanes of at least 4 members (excludes halogenated alkanes) is 1. The van der Waals surface area contributed by atoms with Gasteiger partial charge in [0.05, 0.1) is 17.8 Å². The van der Waals surface area contributed by atoms with Crippen LogP contribution in [0.4, 0.5) is 0 Å². The minimum absolute atomic E-state index is 0.205. The van der Waals surface area contributed by atoms with E-state index in [1.807, 2.05) is 28.9 Å². The molecule has 152 valence electrons. The van der Waals surface area contributed by atoms with Crippen LogP contribution in [-0.2, 0) is 13.0 Å². The van der Waals surface area contributed by atoms with Crippen LogP contribution >= 0.6 is 0 Å². The van der Waals surface area contributed by atoms with Gasteiger partial charge in [-0.25, -0.2) is 14.5 Å². The van der Waals surface area contributed by atoms with Gasteiger partial charge in [0.15, 0.2) is 5.82 Å². The summed E-state index contributed by atoms with van der Waals surface area (Å²) in [5.74, 6) is 1.31. The Morgan fingerprint density at radius 3 is 2.59 bits per heavy atom. The number of benzene rings is 1. The van der Waals surface area contributed by atoms with Crippen LogP contribution < -0.4 is 0 Å². The van der Waals surface area contributed by atoms with Crippen LogP contribution in [0.1, 0.15) is 73.5 Å². The lowest BCUT2D eigenvalue weighted by molar-refractivity contribution is 0.0697. The third-order valence-corrected chi connectivity index (χ3v) is 5.17. The lowest BCUT2D eigenvalue weighted by Gasteiger charge is -2.08. The van der Waals surface area contributed by atoms with E-state index in [0.29, 0.717) is 18.2 Å². The second-order valence-electron chi connectivity index (χ2n) is 7.36. The van der Waals surface area contributed by atoms with E-state index >= 15 is 0 Å². The Bertz CT molecular complexity index is 963. The molecule has 6 nitrogen and oxygen atoms in total. The van der Waals surface area contributed by atoms with Crippen LogP contribution in [0.5, 0.6) is 0 Å². The molecule has 0 saturated heterocycles. The molecule has 6 heteroatoms. The summed E-state index contributed by atoms with van der Waals surface area (Å²) in [4.78, 5) is 20.5. The van der Waals surface area contributed by atoms with Gasteiger partial charge in [-0.3, -0.25) is 4.98 Å². The average molecular weight is 393 g/mol. The van der Waals surface area contributed by atoms with Crippen LogP contribution in [0.25, 0.3) is 11.3 Å². The number of aromatic carboxylic acids is 1. The third-order valence-electron chi connectivity index (χ3n) is 5.17. The summed E-state index contributed by atoms with van der Waals surface area (Å²) in [6.45, 7) is 7.14. The standard InChI is InChI=1S/C23H28N4O2/c1-4-6-9-20-25-22(16(3)5-2)26-27(20)15-17-10-12-18(13-11-17)21-19(23(28)29)8-7-14-24-21/h7-8,10-14,16H,4-6,9,15H2,1-3H3,(H,28,29). The first-order chi connectivity index (χ1) is 14.0. The largest absolute Gasteiger partial charge is 0.478 e. The molecular weight excluding hydrogens is 364 g/mol. The lowest BCUT2D eigenvalue weighted by Crippen LogP contribution is -2.07. The Balaban J connectivity index is 1.84. The molecule has 29 heavy (non-hydrogen) atoms. The fourth-order valence-corrected chi connectivity index (χ4v) is 3.18. The van der Waals surface area contributed by atoms with Crippen molar-refractivity contribution in [2.75, 3.05) is 0 Å². The minimum atomic E-state index is -0.974. The number of hydrogen-bond donors (Lipinski definition) is 1. The second kappa shape index (κ2) is 9.45. The number of hydrogen-bond acceptors (Lipinski definition) is 4. The summed E-state index contributed by atoms with van der Waals surface area (Å²) in [5, 5.41) is 14.1. The van der Waals surface area contributed by atoms with Gasteiger partial charge in [0.1, 0.15) is 5.82 Å². The van der Waals surface area contributed by atoms with E-state index in [1.54, 1.807) is 18.3 Å². The molecule has 0 aliphatic rings. The Labute approximate surface area is 171 Å². The van der Waals surface area contributed by atoms with Crippen molar-refractivity contribution in [1.29, 1.82) is 0 Å². The second-order valence-corrected chi connectivity index (χ2v) is 7.36. The highest BCUT2D eigenvalue weighted by Gasteiger charge is 2.15. The maximum atomic E-state index is 11.5. The molecule has 0 spiro atoms. The number of pyridine rings is 1. The fourth-order valence-electron chi connectivity index (χ4n) is 3.18. The molecule has 0 amide bonds. The number of aryl methyl sites for hydroxylation is 1. The van der Waals surface area contributed by atoms with Gasteiger partial charge in [-0.05, 0) is 30.5 Å². The van der Waals surface area contributed by atoms with Gasteiger partial charge in [-0.1, -0.05) is 51.5 Å². The number of nitrogens with zero attached hydrogens (tertiary/aromatic N) is 4. The summed E-state index contributed by atoms with van der Waals surface area (Å²) in [6.07, 6.45) is 5.77. The zero-order valence-corrected chi connectivity index (χ0v) is 17.3. The van der Waals surface area contributed by atoms with Crippen LogP contribution in [0.3, 0.4) is 0 Å². The van der Waals surface area contributed by atoms with Gasteiger partial charge in [0, 0.05) is 24.1 Å². The van der Waals surface area contributed by atoms with Gasteiger partial charge in [0.2, 0.25) is 0 Å². The SMILES string of the molecule is CCCCc1nc(C(C)CC)nn1Cc1ccc(-c2ncccc2C(=O)O)cc1. The van der Waals surface area contributed by atoms with Crippen molar-refractivity contribution in [2.45, 2.75) is 58.9 Å². The summed E-state index contributed by atoms with van der Waals surface area (Å²) in [6, 6.07) is 11.1. The molecular formula is C23H28N4O2. The van der Waals surface area contributed by atoms with E-state index in [1.165, 1.54) is 0 Å². The third kappa shape index (κ3) is 4.88. The van der Waals surface area contributed by atoms with Crippen molar-refractivity contribution >= 4 is 5.97 Å². The van der Waals surface area contributed by atoms with Crippen LogP contribution in [-0.4, -0.2) is 30.8 Å². The van der Waals surface area contributed by atoms with E-state index in [-0.39, 0.29) is 5.56 Å². The van der Waals surface area contributed by atoms with Crippen molar-refractivity contribution in [3.05, 3.63) is 65.4 Å². The molecule has 0 saturated carbocycles. The van der Waals surface area contributed by atoms with Gasteiger partial charge >= 0.3 is 5.97 Å².